The number of hydrogen-bond donors (Lipinski definition) is 1. The number of hydrogen-bond acceptors (Lipinski definition) is 6. The highest BCUT2D eigenvalue weighted by atomic mass is 32.2. The van der Waals surface area contributed by atoms with Crippen molar-refractivity contribution in [3.63, 3.8) is 0 Å². The predicted molar refractivity (Wildman–Crippen MR) is 138 cm³/mol. The van der Waals surface area contributed by atoms with Crippen LogP contribution in [0.1, 0.15) is 45.4 Å². The van der Waals surface area contributed by atoms with Crippen molar-refractivity contribution in [1.82, 2.24) is 14.9 Å². The zero-order chi connectivity index (χ0) is 25.5. The van der Waals surface area contributed by atoms with Crippen LogP contribution in [0, 0.1) is 5.82 Å². The lowest BCUT2D eigenvalue weighted by molar-refractivity contribution is 0.1000. The molecule has 1 aromatic carbocycles. The van der Waals surface area contributed by atoms with Crippen molar-refractivity contribution >= 4 is 22.7 Å². The van der Waals surface area contributed by atoms with Gasteiger partial charge in [0.15, 0.2) is 0 Å². The Morgan fingerprint density at radius 2 is 1.94 bits per heavy atom. The molecule has 3 heterocycles. The van der Waals surface area contributed by atoms with E-state index in [9.17, 15) is 13.6 Å². The van der Waals surface area contributed by atoms with Crippen LogP contribution in [-0.2, 0) is 10.5 Å². The van der Waals surface area contributed by atoms with E-state index in [2.05, 4.69) is 23.1 Å². The zero-order valence-electron chi connectivity index (χ0n) is 20.9. The van der Waals surface area contributed by atoms with Crippen molar-refractivity contribution < 1.29 is 18.3 Å². The molecule has 192 valence electrons. The Hall–Kier alpha value is -1.97. The number of likely N-dealkylation sites (tertiary alicyclic amines) is 1. The van der Waals surface area contributed by atoms with E-state index in [-0.39, 0.29) is 5.39 Å². The Labute approximate surface area is 206 Å². The number of rotatable bonds is 4. The summed E-state index contributed by atoms with van der Waals surface area (Å²) in [4.78, 5) is 21.1. The van der Waals surface area contributed by atoms with Crippen molar-refractivity contribution in [2.45, 2.75) is 56.7 Å². The highest BCUT2D eigenvalue weighted by Crippen LogP contribution is 2.25. The topological polar surface area (TPSA) is 67.5 Å². The summed E-state index contributed by atoms with van der Waals surface area (Å²) in [6.07, 6.45) is 3.24. The molecule has 6 nitrogen and oxygen atoms in total. The molecule has 4 rings (SSSR count). The summed E-state index contributed by atoms with van der Waals surface area (Å²) in [6, 6.07) is 2.77. The molecule has 0 spiro atoms. The lowest BCUT2D eigenvalue weighted by Gasteiger charge is -2.24. The van der Waals surface area contributed by atoms with Gasteiger partial charge in [0.25, 0.3) is 5.56 Å². The molecule has 2 saturated heterocycles. The molecule has 0 radical (unpaired) electrons. The summed E-state index contributed by atoms with van der Waals surface area (Å²) in [7, 11) is 3.42. The summed E-state index contributed by atoms with van der Waals surface area (Å²) < 4.78 is 36.7. The second kappa shape index (κ2) is 16.6. The number of ether oxygens (including phenoxy) is 2. The average Bonchev–Trinajstić information content (AvgIpc) is 2.85. The van der Waals surface area contributed by atoms with Crippen molar-refractivity contribution in [3.05, 3.63) is 47.3 Å². The molecule has 9 heteroatoms. The number of fused-ring (bicyclic) bond motifs is 1. The van der Waals surface area contributed by atoms with Crippen molar-refractivity contribution in [2.24, 2.45) is 0 Å². The molecule has 34 heavy (non-hydrogen) atoms. The third-order valence-corrected chi connectivity index (χ3v) is 6.59. The minimum Gasteiger partial charge on any atom is -0.497 e. The number of nitrogens with one attached hydrogen (secondary N) is 1. The number of aromatic nitrogens is 2. The van der Waals surface area contributed by atoms with Crippen LogP contribution < -0.4 is 10.3 Å². The first-order chi connectivity index (χ1) is 16.5. The molecular weight excluding hydrogens is 460 g/mol. The number of thioether (sulfide) groups is 1. The van der Waals surface area contributed by atoms with Crippen LogP contribution in [0.15, 0.2) is 30.1 Å². The minimum atomic E-state index is -0.619. The largest absolute Gasteiger partial charge is 0.497 e. The fourth-order valence-corrected chi connectivity index (χ4v) is 4.63. The van der Waals surface area contributed by atoms with Gasteiger partial charge in [0.05, 0.1) is 18.4 Å². The molecule has 0 bridgehead atoms. The van der Waals surface area contributed by atoms with Gasteiger partial charge in [-0.1, -0.05) is 13.8 Å². The van der Waals surface area contributed by atoms with Gasteiger partial charge < -0.3 is 19.4 Å². The molecule has 2 fully saturated rings. The highest BCUT2D eigenvalue weighted by Gasteiger charge is 2.16. The SMILES string of the molecule is C=C.CC.CN1CCCC(F)C1.COc1cc(F)c2c(=O)[nH]c(CSC3CCOCC3)nc2c1. The molecule has 1 aromatic heterocycles. The minimum absolute atomic E-state index is 0.0272. The first-order valence-electron chi connectivity index (χ1n) is 11.7. The first kappa shape index (κ1) is 30.1. The predicted octanol–water partition coefficient (Wildman–Crippen LogP) is 5.36. The quantitative estimate of drug-likeness (QED) is 0.571. The maximum atomic E-state index is 13.9. The zero-order valence-corrected chi connectivity index (χ0v) is 21.7. The van der Waals surface area contributed by atoms with E-state index in [1.165, 1.54) is 13.2 Å². The Bertz CT molecular complexity index is 899. The normalized spacial score (nSPS) is 18.5. The number of H-pyrrole nitrogens is 1. The molecule has 2 aliphatic heterocycles. The van der Waals surface area contributed by atoms with Crippen LogP contribution in [0.25, 0.3) is 10.9 Å². The lowest BCUT2D eigenvalue weighted by Crippen LogP contribution is -2.32. The highest BCUT2D eigenvalue weighted by molar-refractivity contribution is 7.99. The van der Waals surface area contributed by atoms with E-state index < -0.39 is 17.5 Å². The van der Waals surface area contributed by atoms with Crippen molar-refractivity contribution in [2.75, 3.05) is 40.5 Å². The Balaban J connectivity index is 0.000000403. The Morgan fingerprint density at radius 3 is 2.50 bits per heavy atom. The number of nitrogens with zero attached hydrogens (tertiary/aromatic N) is 2. The second-order valence-corrected chi connectivity index (χ2v) is 8.93. The van der Waals surface area contributed by atoms with Gasteiger partial charge >= 0.3 is 0 Å². The number of methoxy groups -OCH3 is 1. The maximum absolute atomic E-state index is 13.9. The monoisotopic (exact) mass is 499 g/mol. The molecule has 1 unspecified atom stereocenters. The van der Waals surface area contributed by atoms with E-state index in [1.807, 2.05) is 25.8 Å². The Kier molecular flexibility index (Phi) is 14.7. The summed E-state index contributed by atoms with van der Waals surface area (Å²) >= 11 is 1.74. The van der Waals surface area contributed by atoms with Crippen LogP contribution in [-0.4, -0.2) is 66.8 Å². The van der Waals surface area contributed by atoms with Crippen molar-refractivity contribution in [3.8, 4) is 5.75 Å². The molecule has 0 saturated carbocycles. The lowest BCUT2D eigenvalue weighted by atomic mass is 10.1. The van der Waals surface area contributed by atoms with Gasteiger partial charge in [0.2, 0.25) is 0 Å². The van der Waals surface area contributed by atoms with Gasteiger partial charge in [-0.25, -0.2) is 13.8 Å². The van der Waals surface area contributed by atoms with Crippen LogP contribution >= 0.6 is 11.8 Å². The fraction of sp³-hybridized carbons (Fsp3) is 0.600. The summed E-state index contributed by atoms with van der Waals surface area (Å²) in [6.45, 7) is 13.3. The van der Waals surface area contributed by atoms with Crippen molar-refractivity contribution in [1.29, 1.82) is 0 Å². The number of alkyl halides is 1. The molecule has 2 aliphatic rings. The van der Waals surface area contributed by atoms with Gasteiger partial charge in [0, 0.05) is 37.1 Å². The van der Waals surface area contributed by atoms with Crippen LogP contribution in [0.3, 0.4) is 0 Å². The molecule has 0 aliphatic carbocycles. The summed E-state index contributed by atoms with van der Waals surface area (Å²) in [5.41, 5.74) is -0.129. The standard InChI is InChI=1S/C15H17FN2O3S.C6H12FN.C2H6.C2H4/c1-20-9-6-11(16)14-12(7-9)17-13(18-15(14)19)8-22-10-2-4-21-5-3-10;1-8-4-2-3-6(7)5-8;2*1-2/h6-7,10H,2-5,8H2,1H3,(H,17,18,19);6H,2-5H2,1H3;1-2H3;1-2H2. The Morgan fingerprint density at radius 1 is 1.26 bits per heavy atom. The van der Waals surface area contributed by atoms with Crippen LogP contribution in [0.4, 0.5) is 8.78 Å². The van der Waals surface area contributed by atoms with Gasteiger partial charge in [-0.05, 0) is 39.3 Å². The van der Waals surface area contributed by atoms with Gasteiger partial charge in [-0.15, -0.1) is 13.2 Å². The number of benzene rings is 1. The van der Waals surface area contributed by atoms with Gasteiger partial charge in [0.1, 0.15) is 28.9 Å². The van der Waals surface area contributed by atoms with Crippen LogP contribution in [0.5, 0.6) is 5.75 Å². The third kappa shape index (κ3) is 9.72. The van der Waals surface area contributed by atoms with E-state index in [4.69, 9.17) is 9.47 Å². The average molecular weight is 500 g/mol. The summed E-state index contributed by atoms with van der Waals surface area (Å²) in [5.74, 6) is 0.883. The molecular formula is C25H39F2N3O3S. The first-order valence-corrected chi connectivity index (χ1v) is 12.8. The number of piperidine rings is 1. The molecule has 0 amide bonds. The number of halogens is 2. The molecule has 1 N–H and O–H groups in total. The third-order valence-electron chi connectivity index (χ3n) is 5.21. The van der Waals surface area contributed by atoms with E-state index in [1.54, 1.807) is 17.8 Å². The number of aromatic amines is 1. The smallest absolute Gasteiger partial charge is 0.261 e. The fourth-order valence-electron chi connectivity index (χ4n) is 3.58. The second-order valence-electron chi connectivity index (χ2n) is 7.64. The van der Waals surface area contributed by atoms with E-state index in [0.717, 1.165) is 45.4 Å². The van der Waals surface area contributed by atoms with Gasteiger partial charge in [-0.2, -0.15) is 11.8 Å². The summed E-state index contributed by atoms with van der Waals surface area (Å²) in [5, 5.41) is 0.484. The molecule has 2 aromatic rings. The van der Waals surface area contributed by atoms with Crippen LogP contribution in [0.2, 0.25) is 0 Å². The van der Waals surface area contributed by atoms with E-state index in [0.29, 0.717) is 34.6 Å². The maximum Gasteiger partial charge on any atom is 0.261 e. The molecule has 1 atom stereocenters. The van der Waals surface area contributed by atoms with Gasteiger partial charge in [-0.3, -0.25) is 4.79 Å². The van der Waals surface area contributed by atoms with E-state index >= 15 is 0 Å².